The van der Waals surface area contributed by atoms with Gasteiger partial charge in [-0.25, -0.2) is 18.6 Å². The van der Waals surface area contributed by atoms with E-state index < -0.39 is 0 Å². The van der Waals surface area contributed by atoms with Crippen molar-refractivity contribution in [2.24, 2.45) is 0 Å². The standard InChI is InChI=1S/C14H8FIN6/c15-11-3-9(4-17-6-11)10-5-18-22(8-10)12-7-19-21-2-1-13(16)20-14(12)21/h1-8H. The van der Waals surface area contributed by atoms with Gasteiger partial charge >= 0.3 is 0 Å². The number of aromatic nitrogens is 6. The molecule has 0 radical (unpaired) electrons. The third-order valence-corrected chi connectivity index (χ3v) is 3.78. The van der Waals surface area contributed by atoms with Gasteiger partial charge < -0.3 is 0 Å². The van der Waals surface area contributed by atoms with Gasteiger partial charge in [0.05, 0.1) is 18.6 Å². The van der Waals surface area contributed by atoms with Crippen LogP contribution >= 0.6 is 22.6 Å². The summed E-state index contributed by atoms with van der Waals surface area (Å²) in [5, 5.41) is 8.57. The van der Waals surface area contributed by atoms with Gasteiger partial charge in [0.15, 0.2) is 5.65 Å². The molecule has 0 fully saturated rings. The predicted octanol–water partition coefficient (Wildman–Crippen LogP) is 2.72. The summed E-state index contributed by atoms with van der Waals surface area (Å²) in [6.45, 7) is 0. The van der Waals surface area contributed by atoms with Gasteiger partial charge in [-0.3, -0.25) is 4.98 Å². The first-order valence-electron chi connectivity index (χ1n) is 6.36. The second-order valence-corrected chi connectivity index (χ2v) is 5.72. The Morgan fingerprint density at radius 3 is 2.82 bits per heavy atom. The SMILES string of the molecule is Fc1cncc(-c2cnn(-c3cnn4ccc(I)nc34)c2)c1. The second-order valence-electron chi connectivity index (χ2n) is 4.61. The molecule has 4 heterocycles. The third kappa shape index (κ3) is 2.25. The van der Waals surface area contributed by atoms with Gasteiger partial charge in [-0.05, 0) is 34.7 Å². The summed E-state index contributed by atoms with van der Waals surface area (Å²) in [6, 6.07) is 3.29. The van der Waals surface area contributed by atoms with Crippen LogP contribution in [0.3, 0.4) is 0 Å². The molecule has 0 aromatic carbocycles. The normalized spacial score (nSPS) is 11.2. The highest BCUT2D eigenvalue weighted by molar-refractivity contribution is 14.1. The zero-order valence-corrected chi connectivity index (χ0v) is 13.2. The fraction of sp³-hybridized carbons (Fsp3) is 0. The highest BCUT2D eigenvalue weighted by Gasteiger charge is 2.11. The van der Waals surface area contributed by atoms with E-state index in [1.807, 2.05) is 12.3 Å². The van der Waals surface area contributed by atoms with Crippen LogP contribution < -0.4 is 0 Å². The van der Waals surface area contributed by atoms with Crippen LogP contribution in [-0.4, -0.2) is 29.4 Å². The molecule has 4 rings (SSSR count). The minimum Gasteiger partial charge on any atom is -0.261 e. The molecule has 8 heteroatoms. The van der Waals surface area contributed by atoms with Crippen LogP contribution in [-0.2, 0) is 0 Å². The van der Waals surface area contributed by atoms with Gasteiger partial charge in [-0.15, -0.1) is 0 Å². The van der Waals surface area contributed by atoms with Crippen molar-refractivity contribution < 1.29 is 4.39 Å². The number of pyridine rings is 1. The van der Waals surface area contributed by atoms with Gasteiger partial charge in [0.1, 0.15) is 15.2 Å². The lowest BCUT2D eigenvalue weighted by Crippen LogP contribution is -1.97. The van der Waals surface area contributed by atoms with Crippen LogP contribution in [0.1, 0.15) is 0 Å². The fourth-order valence-electron chi connectivity index (χ4n) is 2.17. The average molecular weight is 406 g/mol. The van der Waals surface area contributed by atoms with Gasteiger partial charge in [-0.2, -0.15) is 10.2 Å². The Morgan fingerprint density at radius 2 is 1.95 bits per heavy atom. The lowest BCUT2D eigenvalue weighted by Gasteiger charge is -1.99. The molecule has 0 aliphatic carbocycles. The minimum atomic E-state index is -0.377. The van der Waals surface area contributed by atoms with Crippen LogP contribution in [0.15, 0.2) is 49.3 Å². The zero-order chi connectivity index (χ0) is 15.1. The molecule has 0 bridgehead atoms. The van der Waals surface area contributed by atoms with Crippen molar-refractivity contribution >= 4 is 28.2 Å². The number of hydrogen-bond donors (Lipinski definition) is 0. The lowest BCUT2D eigenvalue weighted by molar-refractivity contribution is 0.622. The zero-order valence-electron chi connectivity index (χ0n) is 11.1. The Morgan fingerprint density at radius 1 is 1.05 bits per heavy atom. The second kappa shape index (κ2) is 5.13. The molecule has 0 aliphatic rings. The summed E-state index contributed by atoms with van der Waals surface area (Å²) in [5.41, 5.74) is 2.91. The first-order chi connectivity index (χ1) is 10.7. The first-order valence-corrected chi connectivity index (χ1v) is 7.44. The van der Waals surface area contributed by atoms with E-state index in [1.165, 1.54) is 12.3 Å². The topological polar surface area (TPSA) is 60.9 Å². The van der Waals surface area contributed by atoms with E-state index in [0.29, 0.717) is 11.2 Å². The average Bonchev–Trinajstić information content (AvgIpc) is 3.13. The minimum absolute atomic E-state index is 0.377. The number of hydrogen-bond acceptors (Lipinski definition) is 4. The number of nitrogens with zero attached hydrogens (tertiary/aromatic N) is 6. The fourth-order valence-corrected chi connectivity index (χ4v) is 2.56. The molecule has 108 valence electrons. The molecule has 0 saturated carbocycles. The molecule has 0 unspecified atom stereocenters. The van der Waals surface area contributed by atoms with E-state index >= 15 is 0 Å². The molecule has 0 atom stereocenters. The molecule has 4 aromatic rings. The number of fused-ring (bicyclic) bond motifs is 1. The Kier molecular flexibility index (Phi) is 3.10. The Balaban J connectivity index is 1.82. The number of rotatable bonds is 2. The van der Waals surface area contributed by atoms with E-state index in [1.54, 1.807) is 34.0 Å². The van der Waals surface area contributed by atoms with Crippen molar-refractivity contribution in [1.29, 1.82) is 0 Å². The van der Waals surface area contributed by atoms with Crippen molar-refractivity contribution in [3.8, 4) is 16.8 Å². The molecular formula is C14H8FIN6. The van der Waals surface area contributed by atoms with Crippen LogP contribution in [0.5, 0.6) is 0 Å². The summed E-state index contributed by atoms with van der Waals surface area (Å²) in [5.74, 6) is -0.377. The van der Waals surface area contributed by atoms with Crippen molar-refractivity contribution in [2.45, 2.75) is 0 Å². The Hall–Kier alpha value is -2.36. The Bertz CT molecular complexity index is 976. The van der Waals surface area contributed by atoms with Gasteiger partial charge in [-0.1, -0.05) is 0 Å². The van der Waals surface area contributed by atoms with Crippen LogP contribution in [0.4, 0.5) is 4.39 Å². The van der Waals surface area contributed by atoms with E-state index in [0.717, 1.165) is 15.0 Å². The maximum Gasteiger partial charge on any atom is 0.182 e. The van der Waals surface area contributed by atoms with Crippen LogP contribution in [0, 0.1) is 9.52 Å². The first kappa shape index (κ1) is 13.3. The van der Waals surface area contributed by atoms with Crippen molar-refractivity contribution in [3.63, 3.8) is 0 Å². The molecule has 0 N–H and O–H groups in total. The quantitative estimate of drug-likeness (QED) is 0.380. The molecule has 22 heavy (non-hydrogen) atoms. The van der Waals surface area contributed by atoms with E-state index in [4.69, 9.17) is 0 Å². The smallest absolute Gasteiger partial charge is 0.182 e. The van der Waals surface area contributed by atoms with Crippen molar-refractivity contribution in [1.82, 2.24) is 29.4 Å². The highest BCUT2D eigenvalue weighted by Crippen LogP contribution is 2.21. The van der Waals surface area contributed by atoms with E-state index in [9.17, 15) is 4.39 Å². The van der Waals surface area contributed by atoms with Gasteiger partial charge in [0, 0.05) is 29.7 Å². The molecule has 0 spiro atoms. The summed E-state index contributed by atoms with van der Waals surface area (Å²) < 4.78 is 17.5. The number of halogens is 2. The summed E-state index contributed by atoms with van der Waals surface area (Å²) in [4.78, 5) is 8.31. The van der Waals surface area contributed by atoms with Crippen LogP contribution in [0.2, 0.25) is 0 Å². The highest BCUT2D eigenvalue weighted by atomic mass is 127. The van der Waals surface area contributed by atoms with E-state index in [-0.39, 0.29) is 5.82 Å². The molecule has 0 saturated heterocycles. The molecule has 6 nitrogen and oxygen atoms in total. The largest absolute Gasteiger partial charge is 0.261 e. The van der Waals surface area contributed by atoms with Crippen molar-refractivity contribution in [3.05, 3.63) is 58.8 Å². The molecule has 4 aromatic heterocycles. The monoisotopic (exact) mass is 406 g/mol. The maximum absolute atomic E-state index is 13.3. The maximum atomic E-state index is 13.3. The predicted molar refractivity (Wildman–Crippen MR) is 86.0 cm³/mol. The summed E-state index contributed by atoms with van der Waals surface area (Å²) in [6.07, 6.45) is 9.77. The summed E-state index contributed by atoms with van der Waals surface area (Å²) in [7, 11) is 0. The molecular weight excluding hydrogens is 398 g/mol. The summed E-state index contributed by atoms with van der Waals surface area (Å²) >= 11 is 2.15. The molecule has 0 amide bonds. The van der Waals surface area contributed by atoms with Gasteiger partial charge in [0.2, 0.25) is 0 Å². The van der Waals surface area contributed by atoms with E-state index in [2.05, 4.69) is 42.8 Å². The Labute approximate surface area is 137 Å². The van der Waals surface area contributed by atoms with Gasteiger partial charge in [0.25, 0.3) is 0 Å². The molecule has 0 aliphatic heterocycles. The third-order valence-electron chi connectivity index (χ3n) is 3.18. The van der Waals surface area contributed by atoms with Crippen LogP contribution in [0.25, 0.3) is 22.5 Å². The lowest BCUT2D eigenvalue weighted by atomic mass is 10.2. The van der Waals surface area contributed by atoms with Crippen molar-refractivity contribution in [2.75, 3.05) is 0 Å².